The van der Waals surface area contributed by atoms with Gasteiger partial charge in [0.05, 0.1) is 0 Å². The zero-order valence-corrected chi connectivity index (χ0v) is 12.7. The molecule has 0 aliphatic heterocycles. The van der Waals surface area contributed by atoms with E-state index in [2.05, 4.69) is 22.3 Å². The fraction of sp³-hybridized carbons (Fsp3) is 0.500. The molecule has 1 aromatic carbocycles. The molecule has 0 aliphatic carbocycles. The van der Waals surface area contributed by atoms with Gasteiger partial charge in [0.2, 0.25) is 0 Å². The molecular formula is C16H23FN4. The minimum absolute atomic E-state index is 0.141. The third-order valence-corrected chi connectivity index (χ3v) is 3.53. The number of hydrogen-bond acceptors (Lipinski definition) is 3. The summed E-state index contributed by atoms with van der Waals surface area (Å²) in [6.07, 6.45) is 4.04. The Hall–Kier alpha value is -1.75. The van der Waals surface area contributed by atoms with Crippen LogP contribution >= 0.6 is 0 Å². The first-order valence-corrected chi connectivity index (χ1v) is 7.58. The molecule has 0 radical (unpaired) electrons. The molecule has 1 atom stereocenters. The maximum atomic E-state index is 13.8. The van der Waals surface area contributed by atoms with Crippen LogP contribution in [0.3, 0.4) is 0 Å². The fourth-order valence-electron chi connectivity index (χ4n) is 2.43. The Balaban J connectivity index is 2.09. The van der Waals surface area contributed by atoms with Crippen LogP contribution in [-0.4, -0.2) is 27.4 Å². The van der Waals surface area contributed by atoms with E-state index in [1.165, 1.54) is 6.07 Å². The molecule has 0 saturated heterocycles. The quantitative estimate of drug-likeness (QED) is 0.812. The van der Waals surface area contributed by atoms with Crippen LogP contribution < -0.4 is 5.32 Å². The number of rotatable bonds is 8. The van der Waals surface area contributed by atoms with Crippen molar-refractivity contribution in [1.82, 2.24) is 20.1 Å². The van der Waals surface area contributed by atoms with E-state index in [-0.39, 0.29) is 11.9 Å². The summed E-state index contributed by atoms with van der Waals surface area (Å²) in [6.45, 7) is 5.89. The predicted molar refractivity (Wildman–Crippen MR) is 81.6 cm³/mol. The van der Waals surface area contributed by atoms with Crippen LogP contribution in [-0.2, 0) is 19.4 Å². The van der Waals surface area contributed by atoms with Crippen LogP contribution in [0.15, 0.2) is 30.6 Å². The molecule has 1 aromatic heterocycles. The Morgan fingerprint density at radius 1 is 1.24 bits per heavy atom. The second kappa shape index (κ2) is 7.88. The highest BCUT2D eigenvalue weighted by Crippen LogP contribution is 2.12. The second-order valence-electron chi connectivity index (χ2n) is 5.14. The van der Waals surface area contributed by atoms with Gasteiger partial charge in [0.15, 0.2) is 0 Å². The van der Waals surface area contributed by atoms with Crippen LogP contribution in [0, 0.1) is 5.82 Å². The average molecular weight is 290 g/mol. The van der Waals surface area contributed by atoms with Crippen LogP contribution in [0.1, 0.15) is 31.7 Å². The van der Waals surface area contributed by atoms with Crippen molar-refractivity contribution in [2.24, 2.45) is 0 Å². The van der Waals surface area contributed by atoms with E-state index in [1.54, 1.807) is 12.4 Å². The highest BCUT2D eigenvalue weighted by Gasteiger charge is 2.15. The molecule has 0 saturated carbocycles. The van der Waals surface area contributed by atoms with E-state index in [0.717, 1.165) is 37.3 Å². The summed E-state index contributed by atoms with van der Waals surface area (Å²) in [5, 5.41) is 7.68. The Kier molecular flexibility index (Phi) is 5.87. The van der Waals surface area contributed by atoms with Crippen molar-refractivity contribution in [2.75, 3.05) is 6.54 Å². The van der Waals surface area contributed by atoms with Crippen molar-refractivity contribution in [3.8, 4) is 0 Å². The lowest BCUT2D eigenvalue weighted by Crippen LogP contribution is -2.35. The monoisotopic (exact) mass is 290 g/mol. The van der Waals surface area contributed by atoms with Gasteiger partial charge in [-0.2, -0.15) is 5.10 Å². The molecule has 0 spiro atoms. The van der Waals surface area contributed by atoms with E-state index in [4.69, 9.17) is 0 Å². The van der Waals surface area contributed by atoms with Crippen LogP contribution in [0.5, 0.6) is 0 Å². The normalized spacial score (nSPS) is 12.5. The van der Waals surface area contributed by atoms with Gasteiger partial charge in [0.1, 0.15) is 18.0 Å². The van der Waals surface area contributed by atoms with Crippen LogP contribution in [0.2, 0.25) is 0 Å². The smallest absolute Gasteiger partial charge is 0.138 e. The number of benzene rings is 1. The van der Waals surface area contributed by atoms with Crippen molar-refractivity contribution in [3.63, 3.8) is 0 Å². The van der Waals surface area contributed by atoms with Crippen molar-refractivity contribution in [2.45, 2.75) is 45.7 Å². The van der Waals surface area contributed by atoms with Crippen molar-refractivity contribution < 1.29 is 4.39 Å². The number of nitrogens with zero attached hydrogens (tertiary/aromatic N) is 3. The zero-order chi connectivity index (χ0) is 15.1. The molecule has 0 bridgehead atoms. The zero-order valence-electron chi connectivity index (χ0n) is 12.7. The number of halogens is 1. The van der Waals surface area contributed by atoms with Crippen LogP contribution in [0.25, 0.3) is 0 Å². The van der Waals surface area contributed by atoms with Gasteiger partial charge < -0.3 is 5.32 Å². The fourth-order valence-corrected chi connectivity index (χ4v) is 2.43. The topological polar surface area (TPSA) is 42.7 Å². The molecule has 0 fully saturated rings. The number of hydrogen-bond donors (Lipinski definition) is 1. The molecule has 1 N–H and O–H groups in total. The largest absolute Gasteiger partial charge is 0.313 e. The maximum Gasteiger partial charge on any atom is 0.138 e. The summed E-state index contributed by atoms with van der Waals surface area (Å²) < 4.78 is 15.7. The van der Waals surface area contributed by atoms with E-state index in [9.17, 15) is 4.39 Å². The highest BCUT2D eigenvalue weighted by molar-refractivity contribution is 5.18. The summed E-state index contributed by atoms with van der Waals surface area (Å²) in [5.41, 5.74) is 0.744. The van der Waals surface area contributed by atoms with E-state index >= 15 is 0 Å². The Labute approximate surface area is 125 Å². The molecule has 21 heavy (non-hydrogen) atoms. The molecule has 114 valence electrons. The molecule has 1 heterocycles. The third kappa shape index (κ3) is 4.36. The van der Waals surface area contributed by atoms with Gasteiger partial charge in [-0.1, -0.05) is 25.1 Å². The van der Waals surface area contributed by atoms with E-state index < -0.39 is 0 Å². The lowest BCUT2D eigenvalue weighted by molar-refractivity contribution is 0.469. The predicted octanol–water partition coefficient (Wildman–Crippen LogP) is 2.59. The van der Waals surface area contributed by atoms with Gasteiger partial charge in [0.25, 0.3) is 0 Å². The van der Waals surface area contributed by atoms with Gasteiger partial charge in [0, 0.05) is 19.0 Å². The van der Waals surface area contributed by atoms with Gasteiger partial charge >= 0.3 is 0 Å². The lowest BCUT2D eigenvalue weighted by atomic mass is 10.0. The first kappa shape index (κ1) is 15.6. The molecule has 2 aromatic rings. The SMILES string of the molecule is CCCNC(Cc1ccccc1F)Cc1ncnn1CC. The summed E-state index contributed by atoms with van der Waals surface area (Å²) in [5.74, 6) is 0.806. The molecule has 1 unspecified atom stereocenters. The van der Waals surface area contributed by atoms with Gasteiger partial charge in [-0.3, -0.25) is 4.68 Å². The standard InChI is InChI=1S/C16H23FN4/c1-3-9-18-14(10-13-7-5-6-8-15(13)17)11-16-19-12-20-21(16)4-2/h5-8,12,14,18H,3-4,9-11H2,1-2H3. The van der Waals surface area contributed by atoms with Gasteiger partial charge in [-0.15, -0.1) is 0 Å². The molecule has 5 heteroatoms. The van der Waals surface area contributed by atoms with Crippen molar-refractivity contribution in [3.05, 3.63) is 47.8 Å². The number of nitrogens with one attached hydrogen (secondary N) is 1. The minimum Gasteiger partial charge on any atom is -0.313 e. The second-order valence-corrected chi connectivity index (χ2v) is 5.14. The maximum absolute atomic E-state index is 13.8. The summed E-state index contributed by atoms with van der Waals surface area (Å²) in [7, 11) is 0. The molecular weight excluding hydrogens is 267 g/mol. The third-order valence-electron chi connectivity index (χ3n) is 3.53. The highest BCUT2D eigenvalue weighted by atomic mass is 19.1. The van der Waals surface area contributed by atoms with Gasteiger partial charge in [-0.05, 0) is 37.9 Å². The summed E-state index contributed by atoms with van der Waals surface area (Å²) in [4.78, 5) is 4.32. The molecule has 0 amide bonds. The van der Waals surface area contributed by atoms with Crippen molar-refractivity contribution in [1.29, 1.82) is 0 Å². The first-order chi connectivity index (χ1) is 10.2. The first-order valence-electron chi connectivity index (χ1n) is 7.58. The molecule has 0 aliphatic rings. The van der Waals surface area contributed by atoms with E-state index in [0.29, 0.717) is 6.42 Å². The molecule has 4 nitrogen and oxygen atoms in total. The Morgan fingerprint density at radius 3 is 2.76 bits per heavy atom. The van der Waals surface area contributed by atoms with Crippen LogP contribution in [0.4, 0.5) is 4.39 Å². The summed E-state index contributed by atoms with van der Waals surface area (Å²) in [6, 6.07) is 7.13. The lowest BCUT2D eigenvalue weighted by Gasteiger charge is -2.18. The Bertz CT molecular complexity index is 553. The number of aromatic nitrogens is 3. The number of aryl methyl sites for hydroxylation is 1. The van der Waals surface area contributed by atoms with Gasteiger partial charge in [-0.25, -0.2) is 9.37 Å². The van der Waals surface area contributed by atoms with Crippen molar-refractivity contribution >= 4 is 0 Å². The average Bonchev–Trinajstić information content (AvgIpc) is 2.94. The molecule has 2 rings (SSSR count). The summed E-state index contributed by atoms with van der Waals surface area (Å²) >= 11 is 0. The van der Waals surface area contributed by atoms with E-state index in [1.807, 2.05) is 23.7 Å². The minimum atomic E-state index is -0.141. The Morgan fingerprint density at radius 2 is 2.05 bits per heavy atom.